The van der Waals surface area contributed by atoms with E-state index in [0.717, 1.165) is 11.1 Å². The number of nitriles is 1. The molecule has 250 valence electrons. The minimum Gasteiger partial charge on any atom is -0.493 e. The van der Waals surface area contributed by atoms with E-state index >= 15 is 4.39 Å². The lowest BCUT2D eigenvalue weighted by Crippen LogP contribution is -2.46. The fourth-order valence-electron chi connectivity index (χ4n) is 5.59. The maximum atomic E-state index is 15.1. The van der Waals surface area contributed by atoms with E-state index in [1.165, 1.54) is 12.1 Å². The molecule has 0 bridgehead atoms. The molecule has 4 aromatic rings. The van der Waals surface area contributed by atoms with Gasteiger partial charge in [0.1, 0.15) is 35.7 Å². The van der Waals surface area contributed by atoms with Crippen molar-refractivity contribution in [2.45, 2.75) is 58.8 Å². The van der Waals surface area contributed by atoms with Crippen LogP contribution >= 0.6 is 0 Å². The lowest BCUT2D eigenvalue weighted by atomic mass is 9.96. The minimum absolute atomic E-state index is 0.0394. The zero-order chi connectivity index (χ0) is 34.3. The first kappa shape index (κ1) is 34.0. The minimum atomic E-state index is -0.637. The summed E-state index contributed by atoms with van der Waals surface area (Å²) in [4.78, 5) is 19.6. The van der Waals surface area contributed by atoms with Crippen LogP contribution in [0.2, 0.25) is 0 Å². The number of methoxy groups -OCH3 is 1. The number of anilines is 1. The van der Waals surface area contributed by atoms with Crippen LogP contribution in [-0.4, -0.2) is 49.5 Å². The van der Waals surface area contributed by atoms with Crippen LogP contribution < -0.4 is 24.4 Å². The van der Waals surface area contributed by atoms with Crippen molar-refractivity contribution in [1.29, 1.82) is 5.26 Å². The van der Waals surface area contributed by atoms with Gasteiger partial charge in [-0.2, -0.15) is 5.26 Å². The van der Waals surface area contributed by atoms with E-state index in [4.69, 9.17) is 23.9 Å². The number of hydrogen-bond donors (Lipinski definition) is 1. The fraction of sp³-hybridized carbons (Fsp3) is 0.342. The monoisotopic (exact) mass is 652 g/mol. The summed E-state index contributed by atoms with van der Waals surface area (Å²) in [5.74, 6) is 1.68. The Kier molecular flexibility index (Phi) is 10.7. The molecule has 1 amide bonds. The summed E-state index contributed by atoms with van der Waals surface area (Å²) in [6.45, 7) is 9.38. The average Bonchev–Trinajstić information content (AvgIpc) is 3.07. The Labute approximate surface area is 281 Å². The molecule has 48 heavy (non-hydrogen) atoms. The fourth-order valence-corrected chi connectivity index (χ4v) is 5.59. The summed E-state index contributed by atoms with van der Waals surface area (Å²) in [5.41, 5.74) is 2.75. The van der Waals surface area contributed by atoms with Gasteiger partial charge in [-0.25, -0.2) is 14.2 Å². The summed E-state index contributed by atoms with van der Waals surface area (Å²) in [5, 5.41) is 12.4. The second-order valence-corrected chi connectivity index (χ2v) is 12.5. The predicted molar refractivity (Wildman–Crippen MR) is 183 cm³/mol. The largest absolute Gasteiger partial charge is 0.493 e. The van der Waals surface area contributed by atoms with Gasteiger partial charge in [-0.3, -0.25) is 0 Å². The van der Waals surface area contributed by atoms with Crippen molar-refractivity contribution in [3.63, 3.8) is 0 Å². The van der Waals surface area contributed by atoms with Crippen molar-refractivity contribution < 1.29 is 28.1 Å². The van der Waals surface area contributed by atoms with Crippen molar-refractivity contribution in [3.8, 4) is 45.7 Å². The molecule has 0 unspecified atom stereocenters. The first-order valence-electron chi connectivity index (χ1n) is 16.1. The summed E-state index contributed by atoms with van der Waals surface area (Å²) in [6.07, 6.45) is 0.945. The highest BCUT2D eigenvalue weighted by Crippen LogP contribution is 2.44. The molecule has 9 nitrogen and oxygen atoms in total. The maximum Gasteiger partial charge on any atom is 0.407 e. The van der Waals surface area contributed by atoms with Gasteiger partial charge in [0.05, 0.1) is 30.5 Å². The Hall–Kier alpha value is -5.30. The van der Waals surface area contributed by atoms with Crippen molar-refractivity contribution >= 4 is 11.9 Å². The number of piperidine rings is 1. The number of ether oxygens (including phenoxy) is 4. The van der Waals surface area contributed by atoms with Crippen LogP contribution in [0.5, 0.6) is 17.2 Å². The molecular formula is C38H41FN4O5. The lowest BCUT2D eigenvalue weighted by Gasteiger charge is -2.34. The number of nitrogens with zero attached hydrogens (tertiary/aromatic N) is 3. The standard InChI is InChI=1S/C38H41FN4O5/c1-6-46-33-22-34(43-18-16-29(17-19-43)41-37(44)48-38(2,3)4)42-36(27-12-13-28(23-40)30(39)20-27)35(33)26-14-15-31(45-5)32(21-26)47-24-25-10-8-7-9-11-25/h7-15,20-22,29H,6,16-19,24H2,1-5H3,(H,41,44). The second kappa shape index (κ2) is 15.1. The van der Waals surface area contributed by atoms with Crippen LogP contribution in [0.3, 0.4) is 0 Å². The van der Waals surface area contributed by atoms with Crippen LogP contribution in [0.25, 0.3) is 22.4 Å². The highest BCUT2D eigenvalue weighted by atomic mass is 19.1. The number of rotatable bonds is 10. The molecule has 1 aliphatic rings. The molecular weight excluding hydrogens is 611 g/mol. The zero-order valence-corrected chi connectivity index (χ0v) is 28.0. The van der Waals surface area contributed by atoms with Crippen molar-refractivity contribution in [1.82, 2.24) is 10.3 Å². The molecule has 1 saturated heterocycles. The quantitative estimate of drug-likeness (QED) is 0.184. The van der Waals surface area contributed by atoms with Gasteiger partial charge in [-0.05, 0) is 75.9 Å². The van der Waals surface area contributed by atoms with Crippen LogP contribution in [0.1, 0.15) is 51.7 Å². The Morgan fingerprint density at radius 3 is 2.35 bits per heavy atom. The molecule has 1 N–H and O–H groups in total. The van der Waals surface area contributed by atoms with Crippen LogP contribution in [-0.2, 0) is 11.3 Å². The molecule has 0 atom stereocenters. The second-order valence-electron chi connectivity index (χ2n) is 12.5. The van der Waals surface area contributed by atoms with Crippen molar-refractivity contribution in [3.05, 3.63) is 89.7 Å². The summed E-state index contributed by atoms with van der Waals surface area (Å²) in [7, 11) is 1.59. The number of amides is 1. The molecule has 5 rings (SSSR count). The zero-order valence-electron chi connectivity index (χ0n) is 28.0. The van der Waals surface area contributed by atoms with Crippen molar-refractivity contribution in [2.75, 3.05) is 31.7 Å². The third kappa shape index (κ3) is 8.34. The molecule has 1 fully saturated rings. The lowest BCUT2D eigenvalue weighted by molar-refractivity contribution is 0.0497. The van der Waals surface area contributed by atoms with Gasteiger partial charge in [0.25, 0.3) is 0 Å². The molecule has 1 aliphatic heterocycles. The highest BCUT2D eigenvalue weighted by molar-refractivity contribution is 5.88. The van der Waals surface area contributed by atoms with Crippen LogP contribution in [0.4, 0.5) is 15.0 Å². The number of carbonyl (C=O) groups is 1. The van der Waals surface area contributed by atoms with E-state index in [-0.39, 0.29) is 11.6 Å². The number of carbonyl (C=O) groups excluding carboxylic acids is 1. The van der Waals surface area contributed by atoms with Gasteiger partial charge in [0, 0.05) is 30.8 Å². The number of pyridine rings is 1. The van der Waals surface area contributed by atoms with E-state index in [1.807, 2.05) is 88.4 Å². The summed E-state index contributed by atoms with van der Waals surface area (Å²) < 4.78 is 38.6. The smallest absolute Gasteiger partial charge is 0.407 e. The topological polar surface area (TPSA) is 106 Å². The average molecular weight is 653 g/mol. The SMILES string of the molecule is CCOc1cc(N2CCC(NC(=O)OC(C)(C)C)CC2)nc(-c2ccc(C#N)c(F)c2)c1-c1ccc(OC)c(OCc2ccccc2)c1. The Morgan fingerprint density at radius 2 is 1.71 bits per heavy atom. The van der Waals surface area contributed by atoms with Gasteiger partial charge >= 0.3 is 6.09 Å². The predicted octanol–water partition coefficient (Wildman–Crippen LogP) is 7.91. The van der Waals surface area contributed by atoms with Gasteiger partial charge in [-0.15, -0.1) is 0 Å². The molecule has 0 spiro atoms. The Bertz CT molecular complexity index is 1780. The third-order valence-electron chi connectivity index (χ3n) is 7.86. The first-order chi connectivity index (χ1) is 23.1. The first-order valence-corrected chi connectivity index (χ1v) is 16.1. The third-order valence-corrected chi connectivity index (χ3v) is 7.86. The van der Waals surface area contributed by atoms with Gasteiger partial charge in [0.2, 0.25) is 0 Å². The molecule has 10 heteroatoms. The van der Waals surface area contributed by atoms with Gasteiger partial charge in [0.15, 0.2) is 11.5 Å². The molecule has 2 heterocycles. The van der Waals surface area contributed by atoms with E-state index in [9.17, 15) is 10.1 Å². The highest BCUT2D eigenvalue weighted by Gasteiger charge is 2.27. The van der Waals surface area contributed by atoms with E-state index in [0.29, 0.717) is 79.0 Å². The van der Waals surface area contributed by atoms with Crippen molar-refractivity contribution in [2.24, 2.45) is 0 Å². The van der Waals surface area contributed by atoms with Gasteiger partial charge < -0.3 is 29.2 Å². The van der Waals surface area contributed by atoms with Crippen LogP contribution in [0, 0.1) is 17.1 Å². The molecule has 3 aromatic carbocycles. The van der Waals surface area contributed by atoms with E-state index in [2.05, 4.69) is 10.2 Å². The Balaban J connectivity index is 1.53. The molecule has 1 aromatic heterocycles. The van der Waals surface area contributed by atoms with E-state index in [1.54, 1.807) is 13.2 Å². The molecule has 0 radical (unpaired) electrons. The Morgan fingerprint density at radius 1 is 0.979 bits per heavy atom. The maximum absolute atomic E-state index is 15.1. The summed E-state index contributed by atoms with van der Waals surface area (Å²) in [6, 6.07) is 23.7. The normalized spacial score (nSPS) is 13.4. The summed E-state index contributed by atoms with van der Waals surface area (Å²) >= 11 is 0. The van der Waals surface area contributed by atoms with Crippen LogP contribution in [0.15, 0.2) is 72.8 Å². The molecule has 0 aliphatic carbocycles. The number of aromatic nitrogens is 1. The van der Waals surface area contributed by atoms with Gasteiger partial charge in [-0.1, -0.05) is 42.5 Å². The number of alkyl carbamates (subject to hydrolysis) is 1. The van der Waals surface area contributed by atoms with E-state index < -0.39 is 17.5 Å². The number of benzene rings is 3. The number of hydrogen-bond acceptors (Lipinski definition) is 8. The number of halogens is 1. The number of nitrogens with one attached hydrogen (secondary N) is 1. The molecule has 0 saturated carbocycles.